The summed E-state index contributed by atoms with van der Waals surface area (Å²) in [6.45, 7) is 2.14. The van der Waals surface area contributed by atoms with E-state index >= 15 is 0 Å². The van der Waals surface area contributed by atoms with Gasteiger partial charge >= 0.3 is 0 Å². The largest absolute Gasteiger partial charge is 0.309 e. The molecule has 0 aliphatic heterocycles. The Labute approximate surface area is 124 Å². The summed E-state index contributed by atoms with van der Waals surface area (Å²) in [5.74, 6) is 0. The molecule has 0 aliphatic rings. The second-order valence-corrected chi connectivity index (χ2v) is 6.38. The highest BCUT2D eigenvalue weighted by Gasteiger charge is 2.16. The molecule has 0 aliphatic carbocycles. The van der Waals surface area contributed by atoms with E-state index in [0.29, 0.717) is 0 Å². The van der Waals surface area contributed by atoms with Crippen molar-refractivity contribution in [1.82, 2.24) is 5.32 Å². The molecule has 1 heterocycles. The predicted octanol–water partition coefficient (Wildman–Crippen LogP) is 4.62. The fraction of sp³-hybridized carbons (Fsp3) is 0.231. The maximum atomic E-state index is 6.18. The molecule has 1 atom stereocenters. The van der Waals surface area contributed by atoms with Gasteiger partial charge in [-0.05, 0) is 71.3 Å². The number of rotatable bonds is 3. The maximum Gasteiger partial charge on any atom is 0.0671 e. The Morgan fingerprint density at radius 3 is 2.65 bits per heavy atom. The second kappa shape index (κ2) is 5.69. The number of halogens is 2. The minimum atomic E-state index is 0.226. The zero-order valence-corrected chi connectivity index (χ0v) is 13.4. The van der Waals surface area contributed by atoms with Gasteiger partial charge in [-0.15, -0.1) is 11.3 Å². The monoisotopic (exact) mass is 377 g/mol. The van der Waals surface area contributed by atoms with E-state index in [2.05, 4.69) is 58.4 Å². The molecule has 1 aromatic carbocycles. The van der Waals surface area contributed by atoms with Gasteiger partial charge in [0.2, 0.25) is 0 Å². The molecule has 0 saturated carbocycles. The van der Waals surface area contributed by atoms with E-state index in [1.54, 1.807) is 11.3 Å². The van der Waals surface area contributed by atoms with E-state index in [-0.39, 0.29) is 6.04 Å². The molecule has 1 aromatic heterocycles. The lowest BCUT2D eigenvalue weighted by Crippen LogP contribution is -2.17. The molecular weight excluding hydrogens is 365 g/mol. The van der Waals surface area contributed by atoms with E-state index in [4.69, 9.17) is 11.6 Å². The number of hydrogen-bond acceptors (Lipinski definition) is 2. The Balaban J connectivity index is 2.42. The van der Waals surface area contributed by atoms with Crippen LogP contribution in [0.15, 0.2) is 29.6 Å². The van der Waals surface area contributed by atoms with Gasteiger partial charge in [0, 0.05) is 8.45 Å². The van der Waals surface area contributed by atoms with Gasteiger partial charge in [-0.3, -0.25) is 0 Å². The minimum Gasteiger partial charge on any atom is -0.309 e. The summed E-state index contributed by atoms with van der Waals surface area (Å²) in [5, 5.41) is 6.30. The molecule has 1 N–H and O–H groups in total. The average Bonchev–Trinajstić information content (AvgIpc) is 2.71. The van der Waals surface area contributed by atoms with Crippen LogP contribution in [0, 0.1) is 10.5 Å². The molecule has 1 nitrogen and oxygen atoms in total. The lowest BCUT2D eigenvalue weighted by atomic mass is 10.0. The van der Waals surface area contributed by atoms with E-state index in [9.17, 15) is 0 Å². The van der Waals surface area contributed by atoms with Crippen molar-refractivity contribution >= 4 is 45.5 Å². The van der Waals surface area contributed by atoms with Crippen LogP contribution in [-0.2, 0) is 0 Å². The Hall–Kier alpha value is -0.100. The quantitative estimate of drug-likeness (QED) is 0.769. The van der Waals surface area contributed by atoms with Crippen LogP contribution in [0.4, 0.5) is 0 Å². The van der Waals surface area contributed by atoms with Gasteiger partial charge in [0.25, 0.3) is 0 Å². The molecule has 90 valence electrons. The minimum absolute atomic E-state index is 0.226. The van der Waals surface area contributed by atoms with Gasteiger partial charge in [0.15, 0.2) is 0 Å². The zero-order chi connectivity index (χ0) is 12.4. The first-order chi connectivity index (χ1) is 8.13. The smallest absolute Gasteiger partial charge is 0.0671 e. The van der Waals surface area contributed by atoms with Crippen molar-refractivity contribution in [3.8, 4) is 0 Å². The highest BCUT2D eigenvalue weighted by Crippen LogP contribution is 2.31. The second-order valence-electron chi connectivity index (χ2n) is 3.86. The number of hydrogen-bond donors (Lipinski definition) is 1. The lowest BCUT2D eigenvalue weighted by molar-refractivity contribution is 0.700. The van der Waals surface area contributed by atoms with E-state index in [1.807, 2.05) is 13.1 Å². The molecule has 0 bridgehead atoms. The standard InChI is InChI=1S/C13H13ClINS/c1-8-5-6-17-13(8)12(16-2)9-3-4-11(15)10(14)7-9/h3-7,12,16H,1-2H3. The highest BCUT2D eigenvalue weighted by molar-refractivity contribution is 14.1. The fourth-order valence-corrected chi connectivity index (χ4v) is 3.41. The third-order valence-corrected chi connectivity index (χ3v) is 5.39. The van der Waals surface area contributed by atoms with Gasteiger partial charge in [-0.1, -0.05) is 17.7 Å². The maximum absolute atomic E-state index is 6.18. The summed E-state index contributed by atoms with van der Waals surface area (Å²) in [7, 11) is 1.98. The summed E-state index contributed by atoms with van der Waals surface area (Å²) >= 11 is 10.2. The summed E-state index contributed by atoms with van der Waals surface area (Å²) in [6.07, 6.45) is 0. The Morgan fingerprint density at radius 1 is 1.35 bits per heavy atom. The molecule has 0 saturated heterocycles. The van der Waals surface area contributed by atoms with Gasteiger partial charge in [0.1, 0.15) is 0 Å². The Morgan fingerprint density at radius 2 is 2.12 bits per heavy atom. The SMILES string of the molecule is CNC(c1ccc(I)c(Cl)c1)c1sccc1C. The topological polar surface area (TPSA) is 12.0 Å². The first kappa shape index (κ1) is 13.3. The number of benzene rings is 1. The molecule has 2 rings (SSSR count). The van der Waals surface area contributed by atoms with Crippen LogP contribution in [0.25, 0.3) is 0 Å². The van der Waals surface area contributed by atoms with Crippen LogP contribution in [0.2, 0.25) is 5.02 Å². The third kappa shape index (κ3) is 2.84. The van der Waals surface area contributed by atoms with Crippen molar-refractivity contribution in [3.63, 3.8) is 0 Å². The summed E-state index contributed by atoms with van der Waals surface area (Å²) in [4.78, 5) is 1.35. The molecule has 17 heavy (non-hydrogen) atoms. The van der Waals surface area contributed by atoms with Gasteiger partial charge in [0.05, 0.1) is 11.1 Å². The molecule has 1 unspecified atom stereocenters. The van der Waals surface area contributed by atoms with E-state index in [1.165, 1.54) is 16.0 Å². The average molecular weight is 378 g/mol. The number of nitrogens with one attached hydrogen (secondary N) is 1. The van der Waals surface area contributed by atoms with Crippen molar-refractivity contribution < 1.29 is 0 Å². The third-order valence-electron chi connectivity index (χ3n) is 2.73. The van der Waals surface area contributed by atoms with Gasteiger partial charge in [-0.2, -0.15) is 0 Å². The van der Waals surface area contributed by atoms with Gasteiger partial charge < -0.3 is 5.32 Å². The summed E-state index contributed by atoms with van der Waals surface area (Å²) in [5.41, 5.74) is 2.53. The van der Waals surface area contributed by atoms with Crippen molar-refractivity contribution in [1.29, 1.82) is 0 Å². The Bertz CT molecular complexity index is 524. The predicted molar refractivity (Wildman–Crippen MR) is 84.1 cm³/mol. The van der Waals surface area contributed by atoms with Crippen LogP contribution in [0.3, 0.4) is 0 Å². The van der Waals surface area contributed by atoms with E-state index < -0.39 is 0 Å². The van der Waals surface area contributed by atoms with Gasteiger partial charge in [-0.25, -0.2) is 0 Å². The van der Waals surface area contributed by atoms with Crippen LogP contribution in [-0.4, -0.2) is 7.05 Å². The Kier molecular flexibility index (Phi) is 4.47. The van der Waals surface area contributed by atoms with Crippen molar-refractivity contribution in [2.45, 2.75) is 13.0 Å². The van der Waals surface area contributed by atoms with Crippen LogP contribution in [0.5, 0.6) is 0 Å². The summed E-state index contributed by atoms with van der Waals surface area (Å²) < 4.78 is 1.09. The lowest BCUT2D eigenvalue weighted by Gasteiger charge is -2.17. The normalized spacial score (nSPS) is 12.7. The molecule has 0 spiro atoms. The van der Waals surface area contributed by atoms with Crippen molar-refractivity contribution in [2.75, 3.05) is 7.05 Å². The van der Waals surface area contributed by atoms with Crippen molar-refractivity contribution in [3.05, 3.63) is 54.2 Å². The van der Waals surface area contributed by atoms with E-state index in [0.717, 1.165) is 8.59 Å². The van der Waals surface area contributed by atoms with Crippen LogP contribution >= 0.6 is 45.5 Å². The highest BCUT2D eigenvalue weighted by atomic mass is 127. The number of thiophene rings is 1. The molecule has 0 fully saturated rings. The van der Waals surface area contributed by atoms with Crippen LogP contribution in [0.1, 0.15) is 22.0 Å². The number of aryl methyl sites for hydroxylation is 1. The molecule has 2 aromatic rings. The molecule has 4 heteroatoms. The van der Waals surface area contributed by atoms with Crippen molar-refractivity contribution in [2.24, 2.45) is 0 Å². The van der Waals surface area contributed by atoms with Crippen LogP contribution < -0.4 is 5.32 Å². The zero-order valence-electron chi connectivity index (χ0n) is 9.63. The summed E-state index contributed by atoms with van der Waals surface area (Å²) in [6, 6.07) is 8.62. The molecular formula is C13H13ClINS. The first-order valence-corrected chi connectivity index (χ1v) is 7.63. The first-order valence-electron chi connectivity index (χ1n) is 5.29. The fourth-order valence-electron chi connectivity index (χ4n) is 1.82. The molecule has 0 amide bonds. The molecule has 0 radical (unpaired) electrons.